The minimum atomic E-state index is -0.951. The number of nitrogens with zero attached hydrogens (tertiary/aromatic N) is 3. The molecular weight excluding hydrogens is 330 g/mol. The predicted molar refractivity (Wildman–Crippen MR) is 89.2 cm³/mol. The molecule has 0 unspecified atom stereocenters. The van der Waals surface area contributed by atoms with Gasteiger partial charge in [-0.3, -0.25) is 19.3 Å². The Morgan fingerprint density at radius 2 is 1.67 bits per heavy atom. The number of benzene rings is 1. The Kier molecular flexibility index (Phi) is 5.61. The van der Waals surface area contributed by atoms with Gasteiger partial charge in [-0.1, -0.05) is 12.1 Å². The van der Waals surface area contributed by atoms with Crippen molar-refractivity contribution in [3.8, 4) is 0 Å². The van der Waals surface area contributed by atoms with Crippen molar-refractivity contribution in [2.24, 2.45) is 0 Å². The van der Waals surface area contributed by atoms with Crippen molar-refractivity contribution in [3.05, 3.63) is 29.8 Å². The highest BCUT2D eigenvalue weighted by atomic mass is 32.2. The molecule has 1 heterocycles. The van der Waals surface area contributed by atoms with E-state index in [1.807, 2.05) is 30.5 Å². The number of imide groups is 2. The zero-order valence-electron chi connectivity index (χ0n) is 13.8. The lowest BCUT2D eigenvalue weighted by Gasteiger charge is -2.20. The third-order valence-electron chi connectivity index (χ3n) is 3.75. The van der Waals surface area contributed by atoms with Crippen molar-refractivity contribution >= 4 is 35.5 Å². The van der Waals surface area contributed by atoms with Gasteiger partial charge in [-0.05, 0) is 30.9 Å². The summed E-state index contributed by atoms with van der Waals surface area (Å²) in [6.45, 7) is 1.62. The van der Waals surface area contributed by atoms with Crippen LogP contribution in [0.4, 0.5) is 4.79 Å². The lowest BCUT2D eigenvalue weighted by Crippen LogP contribution is -2.42. The zero-order chi connectivity index (χ0) is 17.9. The third kappa shape index (κ3) is 3.59. The van der Waals surface area contributed by atoms with E-state index in [0.29, 0.717) is 11.4 Å². The van der Waals surface area contributed by atoms with Gasteiger partial charge in [-0.25, -0.2) is 9.69 Å². The molecule has 1 aromatic rings. The number of thioether (sulfide) groups is 1. The molecule has 0 saturated carbocycles. The minimum absolute atomic E-state index is 0.103. The Labute approximate surface area is 144 Å². The van der Waals surface area contributed by atoms with Gasteiger partial charge in [0, 0.05) is 25.0 Å². The molecule has 1 aliphatic heterocycles. The van der Waals surface area contributed by atoms with E-state index in [9.17, 15) is 19.2 Å². The van der Waals surface area contributed by atoms with Crippen molar-refractivity contribution in [2.75, 3.05) is 26.4 Å². The molecule has 0 aromatic heterocycles. The van der Waals surface area contributed by atoms with E-state index in [2.05, 4.69) is 0 Å². The second-order valence-electron chi connectivity index (χ2n) is 5.32. The average Bonchev–Trinajstić information content (AvgIpc) is 2.78. The van der Waals surface area contributed by atoms with Crippen LogP contribution in [0.2, 0.25) is 0 Å². The summed E-state index contributed by atoms with van der Waals surface area (Å²) >= 11 is 1.63. The molecular formula is C16H19N3O4S. The Hall–Kier alpha value is -2.35. The lowest BCUT2D eigenvalue weighted by atomic mass is 10.2. The largest absolute Gasteiger partial charge is 0.340 e. The van der Waals surface area contributed by atoms with Crippen LogP contribution in [0.15, 0.2) is 29.2 Å². The van der Waals surface area contributed by atoms with Gasteiger partial charge in [0.1, 0.15) is 6.54 Å². The van der Waals surface area contributed by atoms with Gasteiger partial charge in [-0.15, -0.1) is 11.8 Å². The smallest absolute Gasteiger partial charge is 0.334 e. The minimum Gasteiger partial charge on any atom is -0.340 e. The highest BCUT2D eigenvalue weighted by Crippen LogP contribution is 2.16. The first kappa shape index (κ1) is 18.0. The fourth-order valence-corrected chi connectivity index (χ4v) is 2.73. The summed E-state index contributed by atoms with van der Waals surface area (Å²) in [5.74, 6) is -2.24. The standard InChI is InChI=1S/C16H19N3O4S/c1-4-18-14(21)15(22)19(16(18)23)10-13(20)17(2)9-11-5-7-12(24-3)8-6-11/h5-8H,4,9-10H2,1-3H3. The van der Waals surface area contributed by atoms with Gasteiger partial charge < -0.3 is 4.90 Å². The molecule has 1 saturated heterocycles. The lowest BCUT2D eigenvalue weighted by molar-refractivity contribution is -0.144. The van der Waals surface area contributed by atoms with Crippen molar-refractivity contribution in [2.45, 2.75) is 18.4 Å². The number of urea groups is 1. The van der Waals surface area contributed by atoms with Gasteiger partial charge in [0.05, 0.1) is 0 Å². The van der Waals surface area contributed by atoms with Gasteiger partial charge >= 0.3 is 17.8 Å². The summed E-state index contributed by atoms with van der Waals surface area (Å²) in [4.78, 5) is 51.8. The van der Waals surface area contributed by atoms with Crippen LogP contribution in [0.25, 0.3) is 0 Å². The van der Waals surface area contributed by atoms with Crippen LogP contribution in [0, 0.1) is 0 Å². The fourth-order valence-electron chi connectivity index (χ4n) is 2.32. The topological polar surface area (TPSA) is 78.0 Å². The van der Waals surface area contributed by atoms with Crippen molar-refractivity contribution in [1.82, 2.24) is 14.7 Å². The average molecular weight is 349 g/mol. The Morgan fingerprint density at radius 3 is 2.17 bits per heavy atom. The van der Waals surface area contributed by atoms with E-state index in [-0.39, 0.29) is 6.54 Å². The van der Waals surface area contributed by atoms with Crippen LogP contribution >= 0.6 is 11.8 Å². The summed E-state index contributed by atoms with van der Waals surface area (Å²) in [5, 5.41) is 0. The first-order valence-electron chi connectivity index (χ1n) is 7.43. The Morgan fingerprint density at radius 1 is 1.08 bits per heavy atom. The molecule has 7 nitrogen and oxygen atoms in total. The Bertz CT molecular complexity index is 674. The molecule has 1 fully saturated rings. The highest BCUT2D eigenvalue weighted by molar-refractivity contribution is 7.98. The molecule has 0 aliphatic carbocycles. The van der Waals surface area contributed by atoms with Gasteiger partial charge in [0.25, 0.3) is 0 Å². The molecule has 0 atom stereocenters. The first-order valence-corrected chi connectivity index (χ1v) is 8.65. The molecule has 24 heavy (non-hydrogen) atoms. The van der Waals surface area contributed by atoms with Crippen LogP contribution < -0.4 is 0 Å². The van der Waals surface area contributed by atoms with E-state index in [1.54, 1.807) is 25.7 Å². The summed E-state index contributed by atoms with van der Waals surface area (Å²) in [6.07, 6.45) is 1.98. The molecule has 1 aliphatic rings. The number of carbonyl (C=O) groups is 4. The Balaban J connectivity index is 1.99. The summed E-state index contributed by atoms with van der Waals surface area (Å²) in [7, 11) is 1.59. The number of hydrogen-bond donors (Lipinski definition) is 0. The molecule has 0 spiro atoms. The van der Waals surface area contributed by atoms with Crippen LogP contribution in [-0.2, 0) is 20.9 Å². The van der Waals surface area contributed by atoms with Crippen molar-refractivity contribution < 1.29 is 19.2 Å². The van der Waals surface area contributed by atoms with Gasteiger partial charge in [-0.2, -0.15) is 0 Å². The summed E-state index contributed by atoms with van der Waals surface area (Å²) in [5.41, 5.74) is 0.939. The molecule has 128 valence electrons. The highest BCUT2D eigenvalue weighted by Gasteiger charge is 2.44. The maximum Gasteiger partial charge on any atom is 0.334 e. The van der Waals surface area contributed by atoms with Crippen LogP contribution in [-0.4, -0.2) is 64.8 Å². The predicted octanol–water partition coefficient (Wildman–Crippen LogP) is 1.18. The van der Waals surface area contributed by atoms with E-state index in [1.165, 1.54) is 4.90 Å². The molecule has 0 radical (unpaired) electrons. The van der Waals surface area contributed by atoms with E-state index < -0.39 is 30.3 Å². The second kappa shape index (κ2) is 7.48. The van der Waals surface area contributed by atoms with Crippen LogP contribution in [0.5, 0.6) is 0 Å². The normalized spacial score (nSPS) is 14.5. The van der Waals surface area contributed by atoms with Crippen molar-refractivity contribution in [1.29, 1.82) is 0 Å². The van der Waals surface area contributed by atoms with E-state index in [0.717, 1.165) is 15.4 Å². The van der Waals surface area contributed by atoms with Crippen molar-refractivity contribution in [3.63, 3.8) is 0 Å². The number of rotatable bonds is 6. The quantitative estimate of drug-likeness (QED) is 0.438. The number of likely N-dealkylation sites (N-methyl/N-ethyl adjacent to an activating group) is 2. The zero-order valence-corrected chi connectivity index (χ0v) is 14.6. The number of hydrogen-bond acceptors (Lipinski definition) is 5. The molecule has 5 amide bonds. The number of carbonyl (C=O) groups excluding carboxylic acids is 4. The second-order valence-corrected chi connectivity index (χ2v) is 6.20. The van der Waals surface area contributed by atoms with Crippen LogP contribution in [0.3, 0.4) is 0 Å². The van der Waals surface area contributed by atoms with Gasteiger partial charge in [0.15, 0.2) is 0 Å². The molecule has 2 rings (SSSR count). The maximum absolute atomic E-state index is 12.3. The number of amides is 5. The molecule has 0 N–H and O–H groups in total. The third-order valence-corrected chi connectivity index (χ3v) is 4.49. The monoisotopic (exact) mass is 349 g/mol. The molecule has 1 aromatic carbocycles. The SMILES string of the molecule is CCN1C(=O)C(=O)N(CC(=O)N(C)Cc2ccc(SC)cc2)C1=O. The van der Waals surface area contributed by atoms with Gasteiger partial charge in [0.2, 0.25) is 5.91 Å². The molecule has 8 heteroatoms. The first-order chi connectivity index (χ1) is 11.4. The van der Waals surface area contributed by atoms with Crippen LogP contribution in [0.1, 0.15) is 12.5 Å². The van der Waals surface area contributed by atoms with E-state index in [4.69, 9.17) is 0 Å². The maximum atomic E-state index is 12.3. The summed E-state index contributed by atoms with van der Waals surface area (Å²) < 4.78 is 0. The fraction of sp³-hybridized carbons (Fsp3) is 0.375. The summed E-state index contributed by atoms with van der Waals surface area (Å²) in [6, 6.07) is 7.03. The molecule has 0 bridgehead atoms. The van der Waals surface area contributed by atoms with E-state index >= 15 is 0 Å².